The minimum absolute atomic E-state index is 0.0119. The second-order valence-electron chi connectivity index (χ2n) is 6.02. The number of likely N-dealkylation sites (tertiary alicyclic amines) is 1. The predicted molar refractivity (Wildman–Crippen MR) is 99.8 cm³/mol. The van der Waals surface area contributed by atoms with E-state index in [9.17, 15) is 4.79 Å². The fourth-order valence-electron chi connectivity index (χ4n) is 2.37. The van der Waals surface area contributed by atoms with Gasteiger partial charge in [0, 0.05) is 52.5 Å². The van der Waals surface area contributed by atoms with E-state index in [0.29, 0.717) is 19.1 Å². The standard InChI is InChI=1S/C16H32N4O3S/c1-19(2)15(21)11-18-16(17-6-10-24-4)20-7-5-14(12-20)13-23-9-8-22-3/h14H,5-13H2,1-4H3,(H,17,18). The number of amides is 1. The zero-order chi connectivity index (χ0) is 17.8. The number of carbonyl (C=O) groups is 1. The van der Waals surface area contributed by atoms with Crippen LogP contribution in [0.4, 0.5) is 0 Å². The van der Waals surface area contributed by atoms with E-state index in [1.165, 1.54) is 0 Å². The molecule has 7 nitrogen and oxygen atoms in total. The number of nitrogens with zero attached hydrogens (tertiary/aromatic N) is 3. The monoisotopic (exact) mass is 360 g/mol. The van der Waals surface area contributed by atoms with Crippen molar-refractivity contribution in [3.63, 3.8) is 0 Å². The second kappa shape index (κ2) is 12.4. The van der Waals surface area contributed by atoms with E-state index in [2.05, 4.69) is 21.5 Å². The maximum absolute atomic E-state index is 11.8. The first-order valence-corrected chi connectivity index (χ1v) is 9.76. The highest BCUT2D eigenvalue weighted by molar-refractivity contribution is 7.98. The number of nitrogens with one attached hydrogen (secondary N) is 1. The fourth-order valence-corrected chi connectivity index (χ4v) is 2.68. The van der Waals surface area contributed by atoms with E-state index in [4.69, 9.17) is 9.47 Å². The molecular formula is C16H32N4O3S. The Balaban J connectivity index is 2.50. The summed E-state index contributed by atoms with van der Waals surface area (Å²) in [6, 6.07) is 0. The molecule has 1 unspecified atom stereocenters. The summed E-state index contributed by atoms with van der Waals surface area (Å²) in [5.74, 6) is 2.35. The van der Waals surface area contributed by atoms with Gasteiger partial charge in [-0.1, -0.05) is 0 Å². The van der Waals surface area contributed by atoms with Gasteiger partial charge in [0.2, 0.25) is 5.91 Å². The van der Waals surface area contributed by atoms with Crippen molar-refractivity contribution in [2.45, 2.75) is 6.42 Å². The van der Waals surface area contributed by atoms with Crippen LogP contribution in [0.3, 0.4) is 0 Å². The summed E-state index contributed by atoms with van der Waals surface area (Å²) in [5, 5.41) is 3.38. The molecule has 0 bridgehead atoms. The summed E-state index contributed by atoms with van der Waals surface area (Å²) in [6.45, 7) is 4.90. The smallest absolute Gasteiger partial charge is 0.243 e. The zero-order valence-corrected chi connectivity index (χ0v) is 16.2. The van der Waals surface area contributed by atoms with Crippen molar-refractivity contribution in [3.8, 4) is 0 Å². The van der Waals surface area contributed by atoms with E-state index in [1.807, 2.05) is 0 Å². The molecule has 24 heavy (non-hydrogen) atoms. The molecule has 0 aromatic heterocycles. The van der Waals surface area contributed by atoms with Crippen molar-refractivity contribution in [2.75, 3.05) is 79.2 Å². The Morgan fingerprint density at radius 2 is 2.21 bits per heavy atom. The fraction of sp³-hybridized carbons (Fsp3) is 0.875. The van der Waals surface area contributed by atoms with Crippen LogP contribution >= 0.6 is 11.8 Å². The Hall–Kier alpha value is -0.990. The van der Waals surface area contributed by atoms with Crippen molar-refractivity contribution >= 4 is 23.6 Å². The molecular weight excluding hydrogens is 328 g/mol. The topological polar surface area (TPSA) is 66.4 Å². The molecule has 0 radical (unpaired) electrons. The van der Waals surface area contributed by atoms with Gasteiger partial charge >= 0.3 is 0 Å². The third kappa shape index (κ3) is 8.21. The zero-order valence-electron chi connectivity index (χ0n) is 15.4. The van der Waals surface area contributed by atoms with E-state index >= 15 is 0 Å². The quantitative estimate of drug-likeness (QED) is 0.345. The number of likely N-dealkylation sites (N-methyl/N-ethyl adjacent to an activating group) is 1. The maximum Gasteiger partial charge on any atom is 0.243 e. The molecule has 0 aromatic rings. The molecule has 8 heteroatoms. The molecule has 1 rings (SSSR count). The van der Waals surface area contributed by atoms with E-state index < -0.39 is 0 Å². The third-order valence-corrected chi connectivity index (χ3v) is 4.44. The van der Waals surface area contributed by atoms with Crippen molar-refractivity contribution in [1.82, 2.24) is 15.1 Å². The van der Waals surface area contributed by atoms with Crippen LogP contribution < -0.4 is 5.32 Å². The molecule has 1 fully saturated rings. The second-order valence-corrected chi connectivity index (χ2v) is 7.00. The number of carbonyl (C=O) groups excluding carboxylic acids is 1. The van der Waals surface area contributed by atoms with Gasteiger partial charge in [0.15, 0.2) is 5.96 Å². The number of methoxy groups -OCH3 is 1. The van der Waals surface area contributed by atoms with Crippen LogP contribution in [0.2, 0.25) is 0 Å². The maximum atomic E-state index is 11.8. The van der Waals surface area contributed by atoms with Gasteiger partial charge in [-0.2, -0.15) is 11.8 Å². The van der Waals surface area contributed by atoms with Crippen LogP contribution in [0, 0.1) is 5.92 Å². The number of hydrogen-bond donors (Lipinski definition) is 1. The van der Waals surface area contributed by atoms with Crippen LogP contribution in [0.25, 0.3) is 0 Å². The van der Waals surface area contributed by atoms with Crippen LogP contribution in [-0.4, -0.2) is 101 Å². The van der Waals surface area contributed by atoms with Gasteiger partial charge < -0.3 is 24.6 Å². The molecule has 1 N–H and O–H groups in total. The van der Waals surface area contributed by atoms with Crippen molar-refractivity contribution in [3.05, 3.63) is 0 Å². The van der Waals surface area contributed by atoms with Crippen LogP contribution in [-0.2, 0) is 14.3 Å². The number of hydrogen-bond acceptors (Lipinski definition) is 5. The van der Waals surface area contributed by atoms with Gasteiger partial charge in [-0.25, -0.2) is 4.99 Å². The third-order valence-electron chi connectivity index (χ3n) is 3.82. The summed E-state index contributed by atoms with van der Waals surface area (Å²) >= 11 is 1.79. The van der Waals surface area contributed by atoms with Gasteiger partial charge in [0.25, 0.3) is 0 Å². The number of ether oxygens (including phenoxy) is 2. The summed E-state index contributed by atoms with van der Waals surface area (Å²) < 4.78 is 10.6. The minimum Gasteiger partial charge on any atom is -0.382 e. The summed E-state index contributed by atoms with van der Waals surface area (Å²) in [6.07, 6.45) is 3.16. The lowest BCUT2D eigenvalue weighted by atomic mass is 10.1. The van der Waals surface area contributed by atoms with Crippen LogP contribution in [0.5, 0.6) is 0 Å². The summed E-state index contributed by atoms with van der Waals surface area (Å²) in [7, 11) is 5.18. The lowest BCUT2D eigenvalue weighted by Crippen LogP contribution is -2.42. The van der Waals surface area contributed by atoms with Gasteiger partial charge in [-0.3, -0.25) is 4.79 Å². The number of rotatable bonds is 10. The molecule has 140 valence electrons. The predicted octanol–water partition coefficient (Wildman–Crippen LogP) is 0.368. The summed E-state index contributed by atoms with van der Waals surface area (Å²) in [5.41, 5.74) is 0. The van der Waals surface area contributed by atoms with Gasteiger partial charge in [0.05, 0.1) is 19.8 Å². The first-order chi connectivity index (χ1) is 11.6. The molecule has 1 amide bonds. The highest BCUT2D eigenvalue weighted by Crippen LogP contribution is 2.16. The average Bonchev–Trinajstić information content (AvgIpc) is 3.03. The summed E-state index contributed by atoms with van der Waals surface area (Å²) in [4.78, 5) is 20.1. The van der Waals surface area contributed by atoms with Crippen molar-refractivity contribution < 1.29 is 14.3 Å². The number of aliphatic imine (C=N–C) groups is 1. The Labute approximate surface area is 150 Å². The van der Waals surface area contributed by atoms with Gasteiger partial charge in [-0.05, 0) is 12.7 Å². The van der Waals surface area contributed by atoms with Gasteiger partial charge in [0.1, 0.15) is 6.54 Å². The number of thioether (sulfide) groups is 1. The Bertz CT molecular complexity index is 394. The Kier molecular flexibility index (Phi) is 10.9. The van der Waals surface area contributed by atoms with E-state index in [1.54, 1.807) is 37.9 Å². The first-order valence-electron chi connectivity index (χ1n) is 8.37. The molecule has 0 aromatic carbocycles. The first kappa shape index (κ1) is 21.1. The Morgan fingerprint density at radius 3 is 2.88 bits per heavy atom. The van der Waals surface area contributed by atoms with Gasteiger partial charge in [-0.15, -0.1) is 0 Å². The van der Waals surface area contributed by atoms with Crippen molar-refractivity contribution in [1.29, 1.82) is 0 Å². The molecule has 1 aliphatic rings. The van der Waals surface area contributed by atoms with Crippen molar-refractivity contribution in [2.24, 2.45) is 10.9 Å². The largest absolute Gasteiger partial charge is 0.382 e. The van der Waals surface area contributed by atoms with Crippen LogP contribution in [0.1, 0.15) is 6.42 Å². The molecule has 0 spiro atoms. The SMILES string of the molecule is COCCOCC1CCN(C(=NCC(=O)N(C)C)NCCSC)C1. The molecule has 0 aliphatic carbocycles. The normalized spacial score (nSPS) is 18.1. The molecule has 1 aliphatic heterocycles. The molecule has 1 saturated heterocycles. The van der Waals surface area contributed by atoms with Crippen LogP contribution in [0.15, 0.2) is 4.99 Å². The lowest BCUT2D eigenvalue weighted by Gasteiger charge is -2.22. The molecule has 0 saturated carbocycles. The minimum atomic E-state index is 0.0119. The lowest BCUT2D eigenvalue weighted by molar-refractivity contribution is -0.127. The van der Waals surface area contributed by atoms with E-state index in [0.717, 1.165) is 44.4 Å². The van der Waals surface area contributed by atoms with E-state index in [-0.39, 0.29) is 12.5 Å². The number of guanidine groups is 1. The highest BCUT2D eigenvalue weighted by atomic mass is 32.2. The molecule has 1 heterocycles. The highest BCUT2D eigenvalue weighted by Gasteiger charge is 2.25. The average molecular weight is 361 g/mol. The Morgan fingerprint density at radius 1 is 1.42 bits per heavy atom. The molecule has 1 atom stereocenters.